The zero-order valence-electron chi connectivity index (χ0n) is 20.8. The second kappa shape index (κ2) is 12.3. The minimum Gasteiger partial charge on any atom is -0.492 e. The van der Waals surface area contributed by atoms with Crippen LogP contribution in [0.5, 0.6) is 5.75 Å². The highest BCUT2D eigenvalue weighted by Crippen LogP contribution is 2.26. The Morgan fingerprint density at radius 2 is 1.74 bits per heavy atom. The van der Waals surface area contributed by atoms with Crippen molar-refractivity contribution in [1.82, 2.24) is 20.1 Å². The average molecular weight is 465 g/mol. The van der Waals surface area contributed by atoms with E-state index in [1.807, 2.05) is 30.5 Å². The summed E-state index contributed by atoms with van der Waals surface area (Å²) in [5, 5.41) is 3.19. The number of aromatic nitrogens is 1. The second-order valence-corrected chi connectivity index (χ2v) is 9.99. The molecule has 1 aliphatic heterocycles. The molecule has 0 unspecified atom stereocenters. The largest absolute Gasteiger partial charge is 0.492 e. The molecule has 4 rings (SSSR count). The van der Waals surface area contributed by atoms with Gasteiger partial charge in [-0.3, -0.25) is 14.7 Å². The molecule has 1 amide bonds. The molecule has 0 radical (unpaired) electrons. The fraction of sp³-hybridized carbons (Fsp3) is 0.571. The van der Waals surface area contributed by atoms with E-state index < -0.39 is 0 Å². The van der Waals surface area contributed by atoms with Crippen molar-refractivity contribution >= 4 is 5.91 Å². The summed E-state index contributed by atoms with van der Waals surface area (Å²) < 4.78 is 5.95. The lowest BCUT2D eigenvalue weighted by Gasteiger charge is -2.32. The maximum Gasteiger partial charge on any atom is 0.226 e. The minimum absolute atomic E-state index is 0.0661. The van der Waals surface area contributed by atoms with Crippen LogP contribution >= 0.6 is 0 Å². The van der Waals surface area contributed by atoms with Crippen LogP contribution < -0.4 is 10.1 Å². The van der Waals surface area contributed by atoms with Crippen molar-refractivity contribution in [2.75, 3.05) is 46.4 Å². The number of ether oxygens (including phenoxy) is 1. The van der Waals surface area contributed by atoms with E-state index in [1.165, 1.54) is 32.1 Å². The molecule has 0 spiro atoms. The summed E-state index contributed by atoms with van der Waals surface area (Å²) in [6, 6.07) is 12.4. The van der Waals surface area contributed by atoms with Crippen molar-refractivity contribution in [3.63, 3.8) is 0 Å². The molecule has 1 atom stereocenters. The summed E-state index contributed by atoms with van der Waals surface area (Å²) in [6.45, 7) is 8.31. The number of nitrogens with one attached hydrogen (secondary N) is 1. The molecular weight excluding hydrogens is 424 g/mol. The second-order valence-electron chi connectivity index (χ2n) is 9.99. The quantitative estimate of drug-likeness (QED) is 0.608. The third kappa shape index (κ3) is 7.28. The van der Waals surface area contributed by atoms with Crippen molar-refractivity contribution in [2.24, 2.45) is 5.92 Å². The molecule has 0 bridgehead atoms. The van der Waals surface area contributed by atoms with E-state index in [1.54, 1.807) is 0 Å². The summed E-state index contributed by atoms with van der Waals surface area (Å²) >= 11 is 0. The first kappa shape index (κ1) is 24.7. The van der Waals surface area contributed by atoms with Crippen LogP contribution in [0, 0.1) is 5.92 Å². The highest BCUT2D eigenvalue weighted by atomic mass is 16.5. The minimum atomic E-state index is 0.0661. The lowest BCUT2D eigenvalue weighted by atomic mass is 9.84. The van der Waals surface area contributed by atoms with E-state index >= 15 is 0 Å². The first-order chi connectivity index (χ1) is 16.6. The van der Waals surface area contributed by atoms with E-state index in [2.05, 4.69) is 46.2 Å². The molecule has 2 fully saturated rings. The number of benzene rings is 1. The van der Waals surface area contributed by atoms with Gasteiger partial charge in [-0.15, -0.1) is 0 Å². The number of pyridine rings is 1. The van der Waals surface area contributed by atoms with Crippen LogP contribution in [0.25, 0.3) is 11.1 Å². The molecular formula is C28H40N4O2. The summed E-state index contributed by atoms with van der Waals surface area (Å²) in [5.74, 6) is 1.58. The predicted molar refractivity (Wildman–Crippen MR) is 137 cm³/mol. The van der Waals surface area contributed by atoms with E-state index in [0.717, 1.165) is 55.3 Å². The molecule has 6 heteroatoms. The highest BCUT2D eigenvalue weighted by molar-refractivity contribution is 5.78. The number of hydrogen-bond acceptors (Lipinski definition) is 5. The van der Waals surface area contributed by atoms with Crippen LogP contribution in [0.1, 0.15) is 44.7 Å². The first-order valence-corrected chi connectivity index (χ1v) is 13.0. The molecule has 1 N–H and O–H groups in total. The number of carbonyl (C=O) groups is 1. The van der Waals surface area contributed by atoms with Gasteiger partial charge in [-0.05, 0) is 56.5 Å². The Bertz CT molecular complexity index is 886. The van der Waals surface area contributed by atoms with Crippen molar-refractivity contribution in [1.29, 1.82) is 0 Å². The molecule has 184 valence electrons. The Labute approximate surface area is 204 Å². The van der Waals surface area contributed by atoms with Crippen molar-refractivity contribution < 1.29 is 9.53 Å². The Kier molecular flexibility index (Phi) is 8.94. The van der Waals surface area contributed by atoms with Crippen LogP contribution in [-0.2, 0) is 11.2 Å². The van der Waals surface area contributed by atoms with Gasteiger partial charge in [-0.25, -0.2) is 0 Å². The molecule has 34 heavy (non-hydrogen) atoms. The summed E-state index contributed by atoms with van der Waals surface area (Å²) in [4.78, 5) is 21.9. The summed E-state index contributed by atoms with van der Waals surface area (Å²) in [5.41, 5.74) is 2.95. The first-order valence-electron chi connectivity index (χ1n) is 13.0. The van der Waals surface area contributed by atoms with Crippen LogP contribution in [-0.4, -0.2) is 73.1 Å². The molecule has 1 aromatic heterocycles. The van der Waals surface area contributed by atoms with Crippen LogP contribution in [0.2, 0.25) is 0 Å². The maximum absolute atomic E-state index is 12.5. The standard InChI is InChI=1S/C28H40N4O2/c1-22(23-6-4-3-5-7-23)30-28(33)20-26-11-8-25(21-29-26)24-9-12-27(13-10-24)34-19-18-32-16-14-31(2)15-17-32/h8-13,21-23H,3-7,14-20H2,1-2H3,(H,30,33)/t22-/m1/s1. The number of piperazine rings is 1. The highest BCUT2D eigenvalue weighted by Gasteiger charge is 2.21. The van der Waals surface area contributed by atoms with Gasteiger partial charge >= 0.3 is 0 Å². The molecule has 1 aliphatic carbocycles. The topological polar surface area (TPSA) is 57.7 Å². The van der Waals surface area contributed by atoms with Crippen LogP contribution in [0.15, 0.2) is 42.6 Å². The lowest BCUT2D eigenvalue weighted by molar-refractivity contribution is -0.121. The molecule has 1 saturated heterocycles. The van der Waals surface area contributed by atoms with Gasteiger partial charge in [0.2, 0.25) is 5.91 Å². The third-order valence-corrected chi connectivity index (χ3v) is 7.37. The van der Waals surface area contributed by atoms with Gasteiger partial charge in [0, 0.05) is 56.2 Å². The van der Waals surface area contributed by atoms with Crippen molar-refractivity contribution in [3.05, 3.63) is 48.3 Å². The number of hydrogen-bond donors (Lipinski definition) is 1. The van der Waals surface area contributed by atoms with Gasteiger partial charge in [0.25, 0.3) is 0 Å². The number of amides is 1. The van der Waals surface area contributed by atoms with E-state index in [4.69, 9.17) is 4.74 Å². The molecule has 2 aromatic rings. The monoisotopic (exact) mass is 464 g/mol. The Hall–Kier alpha value is -2.44. The van der Waals surface area contributed by atoms with Gasteiger partial charge in [0.1, 0.15) is 12.4 Å². The van der Waals surface area contributed by atoms with Crippen molar-refractivity contribution in [2.45, 2.75) is 51.5 Å². The zero-order valence-corrected chi connectivity index (χ0v) is 20.8. The number of carbonyl (C=O) groups excluding carboxylic acids is 1. The third-order valence-electron chi connectivity index (χ3n) is 7.37. The lowest BCUT2D eigenvalue weighted by Crippen LogP contribution is -2.45. The Morgan fingerprint density at radius 1 is 1.03 bits per heavy atom. The van der Waals surface area contributed by atoms with Gasteiger partial charge in [0.05, 0.1) is 6.42 Å². The normalized spacial score (nSPS) is 19.0. The average Bonchev–Trinajstić information content (AvgIpc) is 2.87. The molecule has 2 heterocycles. The van der Waals surface area contributed by atoms with Crippen LogP contribution in [0.4, 0.5) is 0 Å². The molecule has 1 saturated carbocycles. The van der Waals surface area contributed by atoms with Crippen molar-refractivity contribution in [3.8, 4) is 16.9 Å². The Morgan fingerprint density at radius 3 is 2.41 bits per heavy atom. The van der Waals surface area contributed by atoms with E-state index in [-0.39, 0.29) is 11.9 Å². The van der Waals surface area contributed by atoms with E-state index in [0.29, 0.717) is 18.9 Å². The summed E-state index contributed by atoms with van der Waals surface area (Å²) in [6.07, 6.45) is 8.56. The van der Waals surface area contributed by atoms with Gasteiger partial charge in [0.15, 0.2) is 0 Å². The SMILES string of the molecule is C[C@@H](NC(=O)Cc1ccc(-c2ccc(OCCN3CCN(C)CC3)cc2)cn1)C1CCCCC1. The molecule has 6 nitrogen and oxygen atoms in total. The Balaban J connectivity index is 1.21. The fourth-order valence-electron chi connectivity index (χ4n) is 5.03. The van der Waals surface area contributed by atoms with Gasteiger partial charge in [-0.2, -0.15) is 0 Å². The summed E-state index contributed by atoms with van der Waals surface area (Å²) in [7, 11) is 2.18. The number of likely N-dealkylation sites (N-methyl/N-ethyl adjacent to an activating group) is 1. The maximum atomic E-state index is 12.5. The fourth-order valence-corrected chi connectivity index (χ4v) is 5.03. The van der Waals surface area contributed by atoms with Gasteiger partial charge < -0.3 is 15.0 Å². The molecule has 1 aromatic carbocycles. The number of nitrogens with zero attached hydrogens (tertiary/aromatic N) is 3. The predicted octanol–water partition coefficient (Wildman–Crippen LogP) is 4.00. The van der Waals surface area contributed by atoms with Gasteiger partial charge in [-0.1, -0.05) is 37.5 Å². The smallest absolute Gasteiger partial charge is 0.226 e. The molecule has 2 aliphatic rings. The van der Waals surface area contributed by atoms with E-state index in [9.17, 15) is 4.79 Å². The zero-order chi connectivity index (χ0) is 23.8. The number of rotatable bonds is 9. The van der Waals surface area contributed by atoms with Crippen LogP contribution in [0.3, 0.4) is 0 Å².